The minimum Gasteiger partial charge on any atom is -0.469 e. The molecule has 1 fully saturated rings. The van der Waals surface area contributed by atoms with Gasteiger partial charge in [-0.25, -0.2) is 0 Å². The molecule has 0 aromatic heterocycles. The zero-order chi connectivity index (χ0) is 41.8. The molecule has 300 valence electrons. The highest BCUT2D eigenvalue weighted by atomic mass is 16.5. The Bertz CT molecular complexity index is 4650. The van der Waals surface area contributed by atoms with E-state index in [9.17, 15) is 4.79 Å². The largest absolute Gasteiger partial charge is 0.469 e. The third-order valence-electron chi connectivity index (χ3n) is 19.8. The molecule has 5 aliphatic carbocycles. The van der Waals surface area contributed by atoms with Crippen LogP contribution in [-0.4, -0.2) is 13.1 Å². The van der Waals surface area contributed by atoms with Crippen molar-refractivity contribution in [2.24, 2.45) is 0 Å². The Morgan fingerprint density at radius 3 is 1.51 bits per heavy atom. The minimum atomic E-state index is -0.299. The number of ether oxygens (including phenoxy) is 1. The smallest absolute Gasteiger partial charge is 0.305 e. The zero-order valence-electron chi connectivity index (χ0n) is 36.3. The molecule has 20 rings (SSSR count). The van der Waals surface area contributed by atoms with E-state index in [1.165, 1.54) is 104 Å². The van der Waals surface area contributed by atoms with Gasteiger partial charge >= 0.3 is 5.97 Å². The van der Waals surface area contributed by atoms with E-state index in [0.29, 0.717) is 6.42 Å². The predicted molar refractivity (Wildman–Crippen MR) is 270 cm³/mol. The van der Waals surface area contributed by atoms with Crippen LogP contribution in [0.2, 0.25) is 0 Å². The van der Waals surface area contributed by atoms with Crippen molar-refractivity contribution in [1.29, 1.82) is 0 Å². The van der Waals surface area contributed by atoms with Crippen LogP contribution in [-0.2, 0) is 39.6 Å². The van der Waals surface area contributed by atoms with Gasteiger partial charge in [0.15, 0.2) is 0 Å². The monoisotopic (exact) mass is 824 g/mol. The molecule has 0 radical (unpaired) electrons. The van der Waals surface area contributed by atoms with Gasteiger partial charge in [0.2, 0.25) is 0 Å². The number of methoxy groups -OCH3 is 1. The Morgan fingerprint density at radius 1 is 0.492 bits per heavy atom. The summed E-state index contributed by atoms with van der Waals surface area (Å²) in [6.45, 7) is 4.79. The van der Waals surface area contributed by atoms with E-state index < -0.39 is 0 Å². The summed E-state index contributed by atoms with van der Waals surface area (Å²) >= 11 is 0. The van der Waals surface area contributed by atoms with Gasteiger partial charge in [-0.15, -0.1) is 0 Å². The number of benzene rings is 12. The molecule has 65 heavy (non-hydrogen) atoms. The predicted octanol–water partition coefficient (Wildman–Crippen LogP) is 15.4. The van der Waals surface area contributed by atoms with Gasteiger partial charge in [-0.05, 0) is 266 Å². The minimum absolute atomic E-state index is 0.107. The topological polar surface area (TPSA) is 26.3 Å². The molecule has 0 aliphatic heterocycles. The van der Waals surface area contributed by atoms with Crippen molar-refractivity contribution >= 4 is 146 Å². The lowest BCUT2D eigenvalue weighted by Gasteiger charge is -2.29. The summed E-state index contributed by atoms with van der Waals surface area (Å²) in [4.78, 5) is 13.1. The van der Waals surface area contributed by atoms with Crippen molar-refractivity contribution in [1.82, 2.24) is 0 Å². The summed E-state index contributed by atoms with van der Waals surface area (Å²) in [5.74, 6) is -0.107. The van der Waals surface area contributed by atoms with Gasteiger partial charge in [0.05, 0.1) is 7.11 Å². The molecule has 0 N–H and O–H groups in total. The molecule has 5 aliphatic rings. The van der Waals surface area contributed by atoms with Gasteiger partial charge < -0.3 is 4.74 Å². The van der Waals surface area contributed by atoms with E-state index in [-0.39, 0.29) is 16.8 Å². The van der Waals surface area contributed by atoms with E-state index in [1.807, 2.05) is 0 Å². The molecule has 0 heterocycles. The zero-order valence-corrected chi connectivity index (χ0v) is 36.3. The molecular weight excluding hydrogens is 789 g/mol. The Balaban J connectivity index is 1.19. The highest BCUT2D eigenvalue weighted by molar-refractivity contribution is 6.63. The van der Waals surface area contributed by atoms with E-state index in [4.69, 9.17) is 4.74 Å². The molecule has 15 aromatic carbocycles. The van der Waals surface area contributed by atoms with Gasteiger partial charge in [-0.2, -0.15) is 0 Å². The second-order valence-corrected chi connectivity index (χ2v) is 21.9. The van der Waals surface area contributed by atoms with Gasteiger partial charge in [-0.3, -0.25) is 4.79 Å². The lowest BCUT2D eigenvalue weighted by Crippen LogP contribution is -2.23. The Labute approximate surface area is 370 Å². The van der Waals surface area contributed by atoms with Gasteiger partial charge in [-0.1, -0.05) is 66.7 Å². The van der Waals surface area contributed by atoms with Crippen molar-refractivity contribution in [2.75, 3.05) is 7.11 Å². The van der Waals surface area contributed by atoms with Crippen LogP contribution < -0.4 is 0 Å². The maximum Gasteiger partial charge on any atom is 0.305 e. The second-order valence-electron chi connectivity index (χ2n) is 21.9. The summed E-state index contributed by atoms with van der Waals surface area (Å²) in [5.41, 5.74) is 16.1. The van der Waals surface area contributed by atoms with Crippen LogP contribution in [0.5, 0.6) is 0 Å². The van der Waals surface area contributed by atoms with Crippen LogP contribution in [0.15, 0.2) is 78.9 Å². The van der Waals surface area contributed by atoms with Crippen LogP contribution in [0, 0.1) is 13.8 Å². The number of fused-ring (bicyclic) bond motifs is 2. The van der Waals surface area contributed by atoms with Gasteiger partial charge in [0, 0.05) is 17.3 Å². The maximum atomic E-state index is 13.1. The molecule has 15 aromatic rings. The molecular formula is C63H36O2. The van der Waals surface area contributed by atoms with Gasteiger partial charge in [0.25, 0.3) is 0 Å². The first-order chi connectivity index (χ1) is 31.9. The number of esters is 1. The first kappa shape index (κ1) is 31.8. The molecule has 1 spiro atoms. The normalized spacial score (nSPS) is 18.9. The number of rotatable bonds is 5. The number of hydrogen-bond acceptors (Lipinski definition) is 2. The van der Waals surface area contributed by atoms with Crippen LogP contribution in [0.4, 0.5) is 0 Å². The van der Waals surface area contributed by atoms with Gasteiger partial charge in [0.1, 0.15) is 0 Å². The van der Waals surface area contributed by atoms with Crippen molar-refractivity contribution in [3.63, 3.8) is 0 Å². The highest BCUT2D eigenvalue weighted by Crippen LogP contribution is 2.80. The van der Waals surface area contributed by atoms with Crippen LogP contribution in [0.1, 0.15) is 86.9 Å². The van der Waals surface area contributed by atoms with Crippen LogP contribution >= 0.6 is 0 Å². The third-order valence-corrected chi connectivity index (χ3v) is 19.8. The molecule has 0 saturated heterocycles. The average molecular weight is 825 g/mol. The summed E-state index contributed by atoms with van der Waals surface area (Å²) in [7, 11) is 1.55. The lowest BCUT2D eigenvalue weighted by molar-refractivity contribution is -0.140. The molecule has 2 bridgehead atoms. The number of hydrogen-bond donors (Lipinski definition) is 0. The fraction of sp³-hybridized carbons (Fsp3) is 0.190. The second kappa shape index (κ2) is 9.11. The van der Waals surface area contributed by atoms with Crippen LogP contribution in [0.25, 0.3) is 140 Å². The number of aryl methyl sites for hydroxylation is 2. The van der Waals surface area contributed by atoms with Crippen molar-refractivity contribution < 1.29 is 9.53 Å². The molecule has 0 amide bonds. The summed E-state index contributed by atoms with van der Waals surface area (Å²) in [6, 6.07) is 32.1. The van der Waals surface area contributed by atoms with E-state index in [0.717, 1.165) is 38.5 Å². The molecule has 2 heteroatoms. The maximum absolute atomic E-state index is 13.1. The first-order valence-corrected chi connectivity index (χ1v) is 24.1. The number of carbonyl (C=O) groups excluding carboxylic acids is 1. The summed E-state index contributed by atoms with van der Waals surface area (Å²) < 4.78 is 5.35. The van der Waals surface area contributed by atoms with Crippen LogP contribution in [0.3, 0.4) is 0 Å². The quantitative estimate of drug-likeness (QED) is 0.0982. The van der Waals surface area contributed by atoms with E-state index >= 15 is 0 Å². The van der Waals surface area contributed by atoms with E-state index in [2.05, 4.69) is 92.7 Å². The lowest BCUT2D eigenvalue weighted by atomic mass is 9.73. The third kappa shape index (κ3) is 2.73. The fourth-order valence-electron chi connectivity index (χ4n) is 17.9. The first-order valence-electron chi connectivity index (χ1n) is 24.1. The standard InChI is InChI=1S/C63H36O2/c1-24-11-13-32-36-20-29-18-26-16-28-17-27-19-30-21-37-33-14-12-25(2)35-22-34(24)44(32)56-46(36)50-41(29)39(26)48-43(28)49-40(27)42(30)51-47(37)57(45(33)35)61-59-55(51)53(49)52(48)54(50)58(59)60(56)63(61)23-62(63,15-7-10-38(64)65-3)31-8-5-4-6-9-31/h4-6,8-9,11-14,16-17,20-21H,7,10,15,18-19,22-23H2,1-3H3. The highest BCUT2D eigenvalue weighted by Gasteiger charge is 2.73. The van der Waals surface area contributed by atoms with E-state index in [1.54, 1.807) is 104 Å². The Hall–Kier alpha value is -7.03. The summed E-state index contributed by atoms with van der Waals surface area (Å²) in [6.07, 6.45) is 6.12. The molecule has 1 unspecified atom stereocenters. The Morgan fingerprint density at radius 2 is 0.969 bits per heavy atom. The van der Waals surface area contributed by atoms with Crippen molar-refractivity contribution in [3.05, 3.63) is 140 Å². The molecule has 2 nitrogen and oxygen atoms in total. The Kier molecular flexibility index (Phi) is 4.45. The number of carbonyl (C=O) groups is 1. The van der Waals surface area contributed by atoms with Crippen molar-refractivity contribution in [3.8, 4) is 0 Å². The molecule has 1 atom stereocenters. The summed E-state index contributed by atoms with van der Waals surface area (Å²) in [5, 5.41) is 39.8. The van der Waals surface area contributed by atoms with Crippen molar-refractivity contribution in [2.45, 2.75) is 69.6 Å². The fourth-order valence-corrected chi connectivity index (χ4v) is 17.9. The molecule has 1 saturated carbocycles. The SMILES string of the molecule is COC(=O)CCCC1(c2ccccc2)CC12c1c3c4c5c(C)ccc4c4cc6c7c8c(cc9cc%10c%11c%12c(cc%13c%14ccc(C)c(c%14c%14c2c2c1c(c7c43)c1c8c9c%11c1c2c%12c%13%14)C5)C%10)C6. The average Bonchev–Trinajstić information content (AvgIpc) is 3.93.